The van der Waals surface area contributed by atoms with E-state index in [9.17, 15) is 9.90 Å². The van der Waals surface area contributed by atoms with Crippen molar-refractivity contribution in [1.29, 1.82) is 0 Å². The molecule has 7 heteroatoms. The number of hydrogen-bond acceptors (Lipinski definition) is 5. The summed E-state index contributed by atoms with van der Waals surface area (Å²) in [6, 6.07) is 9.00. The van der Waals surface area contributed by atoms with E-state index in [1.165, 1.54) is 31.4 Å². The highest BCUT2D eigenvalue weighted by atomic mass is 19.1. The first-order chi connectivity index (χ1) is 13.5. The number of piperidine rings is 1. The minimum absolute atomic E-state index is 0.0169. The van der Waals surface area contributed by atoms with Gasteiger partial charge in [0.2, 0.25) is 0 Å². The second kappa shape index (κ2) is 9.03. The molecule has 150 valence electrons. The molecule has 0 bridgehead atoms. The number of carboxylic acids is 1. The number of carbonyl (C=O) groups is 1. The van der Waals surface area contributed by atoms with Crippen LogP contribution in [-0.2, 0) is 4.74 Å². The third-order valence-corrected chi connectivity index (χ3v) is 4.90. The molecule has 1 aliphatic heterocycles. The van der Waals surface area contributed by atoms with Crippen LogP contribution in [0.5, 0.6) is 5.75 Å². The summed E-state index contributed by atoms with van der Waals surface area (Å²) in [4.78, 5) is 13.0. The average molecular weight is 389 g/mol. The molecular formula is C21H24FNO5. The summed E-state index contributed by atoms with van der Waals surface area (Å²) >= 11 is 0. The third-order valence-electron chi connectivity index (χ3n) is 4.90. The Bertz CT molecular complexity index is 818. The van der Waals surface area contributed by atoms with E-state index in [-0.39, 0.29) is 23.7 Å². The summed E-state index contributed by atoms with van der Waals surface area (Å²) in [5.74, 6) is -1.41. The van der Waals surface area contributed by atoms with Crippen LogP contribution in [0.2, 0.25) is 0 Å². The van der Waals surface area contributed by atoms with Crippen LogP contribution >= 0.6 is 0 Å². The summed E-state index contributed by atoms with van der Waals surface area (Å²) in [5.41, 5.74) is 0.917. The van der Waals surface area contributed by atoms with Gasteiger partial charge in [-0.05, 0) is 49.1 Å². The van der Waals surface area contributed by atoms with Crippen molar-refractivity contribution in [1.82, 2.24) is 0 Å². The van der Waals surface area contributed by atoms with E-state index < -0.39 is 17.9 Å². The van der Waals surface area contributed by atoms with Crippen LogP contribution in [0, 0.1) is 5.82 Å². The molecule has 2 N–H and O–H groups in total. The number of aliphatic hydroxyl groups is 1. The van der Waals surface area contributed by atoms with E-state index in [1.54, 1.807) is 12.1 Å². The van der Waals surface area contributed by atoms with Gasteiger partial charge < -0.3 is 24.6 Å². The summed E-state index contributed by atoms with van der Waals surface area (Å²) < 4.78 is 25.9. The predicted molar refractivity (Wildman–Crippen MR) is 102 cm³/mol. The molecule has 0 aliphatic carbocycles. The predicted octanol–water partition coefficient (Wildman–Crippen LogP) is 3.58. The fourth-order valence-electron chi connectivity index (χ4n) is 3.42. The van der Waals surface area contributed by atoms with E-state index in [4.69, 9.17) is 14.6 Å². The van der Waals surface area contributed by atoms with Gasteiger partial charge in [0.1, 0.15) is 11.9 Å². The maximum absolute atomic E-state index is 15.5. The normalized spacial score (nSPS) is 15.3. The number of methoxy groups -OCH3 is 1. The van der Waals surface area contributed by atoms with E-state index in [1.807, 2.05) is 4.90 Å². The first-order valence-corrected chi connectivity index (χ1v) is 9.23. The lowest BCUT2D eigenvalue weighted by molar-refractivity contribution is 0.0483. The van der Waals surface area contributed by atoms with Gasteiger partial charge in [-0.25, -0.2) is 9.18 Å². The molecule has 2 aromatic rings. The van der Waals surface area contributed by atoms with Crippen LogP contribution in [0.15, 0.2) is 36.4 Å². The molecule has 28 heavy (non-hydrogen) atoms. The van der Waals surface area contributed by atoms with Crippen LogP contribution in [0.1, 0.15) is 46.9 Å². The quantitative estimate of drug-likeness (QED) is 0.705. The Balaban J connectivity index is 2.00. The van der Waals surface area contributed by atoms with Gasteiger partial charge in [-0.15, -0.1) is 0 Å². The Kier molecular flexibility index (Phi) is 6.49. The zero-order chi connectivity index (χ0) is 20.1. The Hall–Kier alpha value is -2.64. The van der Waals surface area contributed by atoms with Crippen molar-refractivity contribution in [3.63, 3.8) is 0 Å². The molecule has 2 aromatic carbocycles. The van der Waals surface area contributed by atoms with Crippen molar-refractivity contribution in [3.05, 3.63) is 58.9 Å². The van der Waals surface area contributed by atoms with Crippen molar-refractivity contribution in [3.8, 4) is 5.75 Å². The summed E-state index contributed by atoms with van der Waals surface area (Å²) in [5, 5.41) is 19.9. The van der Waals surface area contributed by atoms with Crippen molar-refractivity contribution < 1.29 is 28.9 Å². The minimum atomic E-state index is -1.31. The van der Waals surface area contributed by atoms with Crippen LogP contribution in [0.4, 0.5) is 10.1 Å². The number of aliphatic hydroxyl groups excluding tert-OH is 1. The average Bonchev–Trinajstić information content (AvgIpc) is 2.72. The molecule has 1 heterocycles. The standard InChI is InChI=1S/C21H24FNO5/c1-27-13-28-17-10-9-16(23-11-3-2-4-12-23)19(22)18(17)20(24)14-5-7-15(8-6-14)21(25)26/h5-10,20,24H,2-4,11-13H2,1H3,(H,25,26). The number of anilines is 1. The minimum Gasteiger partial charge on any atom is -0.478 e. The van der Waals surface area contributed by atoms with Gasteiger partial charge in [0.25, 0.3) is 0 Å². The Morgan fingerprint density at radius 2 is 1.82 bits per heavy atom. The molecule has 3 rings (SSSR count). The number of nitrogens with zero attached hydrogens (tertiary/aromatic N) is 1. The lowest BCUT2D eigenvalue weighted by Crippen LogP contribution is -2.30. The molecule has 0 radical (unpaired) electrons. The van der Waals surface area contributed by atoms with Crippen molar-refractivity contribution in [2.24, 2.45) is 0 Å². The molecule has 0 amide bonds. The number of aromatic carboxylic acids is 1. The summed E-state index contributed by atoms with van der Waals surface area (Å²) in [7, 11) is 1.46. The van der Waals surface area contributed by atoms with Crippen molar-refractivity contribution in [2.75, 3.05) is 31.9 Å². The van der Waals surface area contributed by atoms with E-state index >= 15 is 4.39 Å². The van der Waals surface area contributed by atoms with Crippen LogP contribution < -0.4 is 9.64 Å². The number of ether oxygens (including phenoxy) is 2. The number of hydrogen-bond donors (Lipinski definition) is 2. The van der Waals surface area contributed by atoms with Crippen molar-refractivity contribution >= 4 is 11.7 Å². The van der Waals surface area contributed by atoms with Gasteiger partial charge in [0, 0.05) is 20.2 Å². The largest absolute Gasteiger partial charge is 0.478 e. The lowest BCUT2D eigenvalue weighted by Gasteiger charge is -2.30. The third kappa shape index (κ3) is 4.26. The Morgan fingerprint density at radius 3 is 2.43 bits per heavy atom. The smallest absolute Gasteiger partial charge is 0.335 e. The molecule has 1 aliphatic rings. The fraction of sp³-hybridized carbons (Fsp3) is 0.381. The molecule has 0 saturated carbocycles. The summed E-state index contributed by atoms with van der Waals surface area (Å²) in [6.07, 6.45) is 1.81. The Morgan fingerprint density at radius 1 is 1.14 bits per heavy atom. The highest BCUT2D eigenvalue weighted by Crippen LogP contribution is 2.38. The molecule has 0 spiro atoms. The fourth-order valence-corrected chi connectivity index (χ4v) is 3.42. The van der Waals surface area contributed by atoms with Gasteiger partial charge in [0.15, 0.2) is 12.6 Å². The first kappa shape index (κ1) is 20.1. The number of benzene rings is 2. The van der Waals surface area contributed by atoms with Gasteiger partial charge in [0.05, 0.1) is 16.8 Å². The Labute approximate surface area is 163 Å². The van der Waals surface area contributed by atoms with Gasteiger partial charge in [-0.3, -0.25) is 0 Å². The highest BCUT2D eigenvalue weighted by Gasteiger charge is 2.26. The highest BCUT2D eigenvalue weighted by molar-refractivity contribution is 5.87. The lowest BCUT2D eigenvalue weighted by atomic mass is 9.97. The van der Waals surface area contributed by atoms with Crippen LogP contribution in [0.25, 0.3) is 0 Å². The van der Waals surface area contributed by atoms with E-state index in [2.05, 4.69) is 0 Å². The van der Waals surface area contributed by atoms with E-state index in [0.29, 0.717) is 11.3 Å². The van der Waals surface area contributed by atoms with Gasteiger partial charge in [-0.1, -0.05) is 12.1 Å². The number of carboxylic acid groups (broad SMARTS) is 1. The topological polar surface area (TPSA) is 79.2 Å². The molecule has 1 saturated heterocycles. The second-order valence-electron chi connectivity index (χ2n) is 6.74. The zero-order valence-corrected chi connectivity index (χ0v) is 15.7. The number of rotatable bonds is 7. The first-order valence-electron chi connectivity index (χ1n) is 9.23. The molecular weight excluding hydrogens is 365 g/mol. The van der Waals surface area contributed by atoms with Crippen LogP contribution in [-0.4, -0.2) is 43.2 Å². The zero-order valence-electron chi connectivity index (χ0n) is 15.7. The maximum Gasteiger partial charge on any atom is 0.335 e. The molecule has 1 fully saturated rings. The summed E-state index contributed by atoms with van der Waals surface area (Å²) in [6.45, 7) is 1.44. The van der Waals surface area contributed by atoms with Crippen LogP contribution in [0.3, 0.4) is 0 Å². The molecule has 0 aromatic heterocycles. The molecule has 1 atom stereocenters. The molecule has 1 unspecified atom stereocenters. The SMILES string of the molecule is COCOc1ccc(N2CCCCC2)c(F)c1C(O)c1ccc(C(=O)O)cc1. The second-order valence-corrected chi connectivity index (χ2v) is 6.74. The van der Waals surface area contributed by atoms with Crippen molar-refractivity contribution in [2.45, 2.75) is 25.4 Å². The molecule has 6 nitrogen and oxygen atoms in total. The monoisotopic (exact) mass is 389 g/mol. The maximum atomic E-state index is 15.5. The van der Waals surface area contributed by atoms with Gasteiger partial charge >= 0.3 is 5.97 Å². The van der Waals surface area contributed by atoms with Gasteiger partial charge in [-0.2, -0.15) is 0 Å². The van der Waals surface area contributed by atoms with E-state index in [0.717, 1.165) is 32.4 Å². The number of halogens is 1.